The number of rotatable bonds is 3. The largest absolute Gasteiger partial charge is 0.383 e. The fourth-order valence-electron chi connectivity index (χ4n) is 0.450. The molecule has 0 rings (SSSR count). The summed E-state index contributed by atoms with van der Waals surface area (Å²) in [7, 11) is 1.37. The van der Waals surface area contributed by atoms with Crippen LogP contribution in [-0.2, 0) is 9.59 Å². The van der Waals surface area contributed by atoms with Crippen LogP contribution in [0.4, 0.5) is 0 Å². The number of nitrogens with two attached hydrogens (primary N) is 1. The Morgan fingerprint density at radius 1 is 1.70 bits per heavy atom. The summed E-state index contributed by atoms with van der Waals surface area (Å²) in [6.07, 6.45) is -1.65. The van der Waals surface area contributed by atoms with Crippen LogP contribution in [0.5, 0.6) is 0 Å². The van der Waals surface area contributed by atoms with Crippen LogP contribution >= 0.6 is 0 Å². The van der Waals surface area contributed by atoms with E-state index in [2.05, 4.69) is 5.32 Å². The van der Waals surface area contributed by atoms with Gasteiger partial charge in [-0.1, -0.05) is 0 Å². The molecule has 2 amide bonds. The minimum atomic E-state index is -1.32. The molecular weight excluding hydrogens is 136 g/mol. The third-order valence-corrected chi connectivity index (χ3v) is 0.944. The highest BCUT2D eigenvalue weighted by atomic mass is 16.3. The van der Waals surface area contributed by atoms with Crippen LogP contribution in [0.15, 0.2) is 0 Å². The van der Waals surface area contributed by atoms with Crippen LogP contribution in [0.1, 0.15) is 6.42 Å². The highest BCUT2D eigenvalue weighted by molar-refractivity contribution is 5.86. The topological polar surface area (TPSA) is 92.4 Å². The lowest BCUT2D eigenvalue weighted by Gasteiger charge is -2.04. The van der Waals surface area contributed by atoms with Gasteiger partial charge in [-0.05, 0) is 0 Å². The molecule has 0 radical (unpaired) electrons. The van der Waals surface area contributed by atoms with Crippen molar-refractivity contribution in [1.82, 2.24) is 5.32 Å². The molecule has 0 aliphatic heterocycles. The first-order valence-electron chi connectivity index (χ1n) is 2.76. The van der Waals surface area contributed by atoms with Crippen molar-refractivity contribution in [3.8, 4) is 0 Å². The highest BCUT2D eigenvalue weighted by Gasteiger charge is 2.14. The summed E-state index contributed by atoms with van der Waals surface area (Å²) in [6, 6.07) is 0. The molecule has 5 nitrogen and oxygen atoms in total. The monoisotopic (exact) mass is 146 g/mol. The van der Waals surface area contributed by atoms with E-state index in [1.807, 2.05) is 0 Å². The van der Waals surface area contributed by atoms with Crippen molar-refractivity contribution in [3.63, 3.8) is 0 Å². The third kappa shape index (κ3) is 3.03. The van der Waals surface area contributed by atoms with Crippen molar-refractivity contribution in [3.05, 3.63) is 0 Å². The molecule has 10 heavy (non-hydrogen) atoms. The van der Waals surface area contributed by atoms with Crippen molar-refractivity contribution in [1.29, 1.82) is 0 Å². The van der Waals surface area contributed by atoms with Gasteiger partial charge in [0.05, 0.1) is 6.42 Å². The Balaban J connectivity index is 3.72. The fraction of sp³-hybridized carbons (Fsp3) is 0.600. The molecule has 0 aromatic rings. The highest BCUT2D eigenvalue weighted by Crippen LogP contribution is 1.88. The number of nitrogens with one attached hydrogen (secondary N) is 1. The van der Waals surface area contributed by atoms with E-state index in [-0.39, 0.29) is 6.42 Å². The average Bonchev–Trinajstić information content (AvgIpc) is 1.85. The Morgan fingerprint density at radius 3 is 2.50 bits per heavy atom. The fourth-order valence-corrected chi connectivity index (χ4v) is 0.450. The van der Waals surface area contributed by atoms with Gasteiger partial charge in [-0.2, -0.15) is 0 Å². The molecule has 0 aliphatic rings. The zero-order valence-electron chi connectivity index (χ0n) is 5.63. The van der Waals surface area contributed by atoms with Crippen LogP contribution < -0.4 is 11.1 Å². The van der Waals surface area contributed by atoms with Gasteiger partial charge in [-0.3, -0.25) is 9.59 Å². The molecule has 0 aromatic heterocycles. The van der Waals surface area contributed by atoms with Gasteiger partial charge in [0.15, 0.2) is 0 Å². The molecule has 0 spiro atoms. The SMILES string of the molecule is CNC(=O)[C@@H](O)CC(N)=O. The maximum atomic E-state index is 10.5. The number of primary amides is 1. The van der Waals surface area contributed by atoms with Gasteiger partial charge >= 0.3 is 0 Å². The van der Waals surface area contributed by atoms with Crippen LogP contribution in [0, 0.1) is 0 Å². The zero-order chi connectivity index (χ0) is 8.15. The van der Waals surface area contributed by atoms with E-state index in [0.717, 1.165) is 0 Å². The Kier molecular flexibility index (Phi) is 3.42. The minimum Gasteiger partial charge on any atom is -0.383 e. The maximum absolute atomic E-state index is 10.5. The molecule has 0 unspecified atom stereocenters. The van der Waals surface area contributed by atoms with Crippen molar-refractivity contribution in [2.24, 2.45) is 5.73 Å². The number of hydrogen-bond acceptors (Lipinski definition) is 3. The van der Waals surface area contributed by atoms with Crippen LogP contribution in [0.25, 0.3) is 0 Å². The summed E-state index contributed by atoms with van der Waals surface area (Å²) >= 11 is 0. The second-order valence-corrected chi connectivity index (χ2v) is 1.80. The van der Waals surface area contributed by atoms with E-state index in [1.54, 1.807) is 0 Å². The number of carbonyl (C=O) groups excluding carboxylic acids is 2. The molecule has 0 saturated heterocycles. The van der Waals surface area contributed by atoms with Crippen molar-refractivity contribution < 1.29 is 14.7 Å². The summed E-state index contributed by atoms with van der Waals surface area (Å²) in [5.41, 5.74) is 4.71. The molecular formula is C5H10N2O3. The van der Waals surface area contributed by atoms with E-state index >= 15 is 0 Å². The summed E-state index contributed by atoms with van der Waals surface area (Å²) < 4.78 is 0. The second-order valence-electron chi connectivity index (χ2n) is 1.80. The first-order chi connectivity index (χ1) is 4.57. The third-order valence-electron chi connectivity index (χ3n) is 0.944. The van der Waals surface area contributed by atoms with Crippen molar-refractivity contribution >= 4 is 11.8 Å². The Hall–Kier alpha value is -1.10. The molecule has 0 heterocycles. The number of amides is 2. The van der Waals surface area contributed by atoms with Crippen molar-refractivity contribution in [2.75, 3.05) is 7.05 Å². The van der Waals surface area contributed by atoms with Gasteiger partial charge in [-0.25, -0.2) is 0 Å². The second kappa shape index (κ2) is 3.84. The molecule has 0 saturated carbocycles. The van der Waals surface area contributed by atoms with Crippen LogP contribution in [0.2, 0.25) is 0 Å². The van der Waals surface area contributed by atoms with E-state index in [1.165, 1.54) is 7.05 Å². The van der Waals surface area contributed by atoms with Gasteiger partial charge in [0, 0.05) is 7.05 Å². The zero-order valence-corrected chi connectivity index (χ0v) is 5.63. The van der Waals surface area contributed by atoms with Crippen LogP contribution in [-0.4, -0.2) is 30.1 Å². The van der Waals surface area contributed by atoms with Gasteiger partial charge in [0.2, 0.25) is 11.8 Å². The van der Waals surface area contributed by atoms with Crippen molar-refractivity contribution in [2.45, 2.75) is 12.5 Å². The van der Waals surface area contributed by atoms with Gasteiger partial charge < -0.3 is 16.2 Å². The average molecular weight is 146 g/mol. The lowest BCUT2D eigenvalue weighted by atomic mass is 10.2. The summed E-state index contributed by atoms with van der Waals surface area (Å²) in [5.74, 6) is -1.30. The smallest absolute Gasteiger partial charge is 0.249 e. The Morgan fingerprint density at radius 2 is 2.20 bits per heavy atom. The molecule has 0 bridgehead atoms. The van der Waals surface area contributed by atoms with Gasteiger partial charge in [0.25, 0.3) is 0 Å². The number of carbonyl (C=O) groups is 2. The molecule has 1 atom stereocenters. The summed E-state index contributed by atoms with van der Waals surface area (Å²) in [5, 5.41) is 10.9. The number of likely N-dealkylation sites (N-methyl/N-ethyl adjacent to an activating group) is 1. The summed E-state index contributed by atoms with van der Waals surface area (Å²) in [6.45, 7) is 0. The van der Waals surface area contributed by atoms with Crippen LogP contribution in [0.3, 0.4) is 0 Å². The number of hydrogen-bond donors (Lipinski definition) is 3. The first-order valence-corrected chi connectivity index (χ1v) is 2.76. The quantitative estimate of drug-likeness (QED) is 0.428. The van der Waals surface area contributed by atoms with E-state index in [0.29, 0.717) is 0 Å². The predicted molar refractivity (Wildman–Crippen MR) is 33.9 cm³/mol. The van der Waals surface area contributed by atoms with E-state index < -0.39 is 17.9 Å². The molecule has 0 fully saturated rings. The molecule has 0 aromatic carbocycles. The Labute approximate surface area is 58.2 Å². The van der Waals surface area contributed by atoms with Gasteiger partial charge in [-0.15, -0.1) is 0 Å². The lowest BCUT2D eigenvalue weighted by Crippen LogP contribution is -2.34. The normalized spacial score (nSPS) is 12.2. The predicted octanol–water partition coefficient (Wildman–Crippen LogP) is -2.03. The maximum Gasteiger partial charge on any atom is 0.249 e. The number of aliphatic hydroxyl groups excluding tert-OH is 1. The molecule has 0 aliphatic carbocycles. The molecule has 4 N–H and O–H groups in total. The minimum absolute atomic E-state index is 0.334. The van der Waals surface area contributed by atoms with E-state index in [4.69, 9.17) is 10.8 Å². The molecule has 58 valence electrons. The number of aliphatic hydroxyl groups is 1. The Bertz CT molecular complexity index is 146. The lowest BCUT2D eigenvalue weighted by molar-refractivity contribution is -0.133. The first kappa shape index (κ1) is 8.90. The van der Waals surface area contributed by atoms with Gasteiger partial charge in [0.1, 0.15) is 6.10 Å². The summed E-state index contributed by atoms with van der Waals surface area (Å²) in [4.78, 5) is 20.6. The van der Waals surface area contributed by atoms with E-state index in [9.17, 15) is 9.59 Å². The molecule has 5 heteroatoms. The standard InChI is InChI=1S/C5H10N2O3/c1-7-5(10)3(8)2-4(6)9/h3,8H,2H2,1H3,(H2,6,9)(H,7,10)/t3-/m0/s1.